The molecule has 1 aromatic rings. The van der Waals surface area contributed by atoms with Crippen LogP contribution in [0.3, 0.4) is 0 Å². The van der Waals surface area contributed by atoms with Crippen LogP contribution in [-0.2, 0) is 32.3 Å². The number of hydrogen-bond acceptors (Lipinski definition) is 10. The molecule has 1 unspecified atom stereocenters. The number of carboxylic acids is 4. The SMILES string of the molecule is O=C([O-])CN1CCN(C(CCCC(=O)O)C(=O)[O-])CCN(CC(=O)O)Cc2cccc(n2)C1.[Tm]. The predicted molar refractivity (Wildman–Crippen MR) is 109 cm³/mol. The Hall–Kier alpha value is -1.86. The zero-order valence-electron chi connectivity index (χ0n) is 18.5. The average Bonchev–Trinajstić information content (AvgIpc) is 2.70. The van der Waals surface area contributed by atoms with Crippen LogP contribution < -0.4 is 10.2 Å². The normalized spacial score (nSPS) is 16.9. The van der Waals surface area contributed by atoms with E-state index in [4.69, 9.17) is 5.11 Å². The number of fused-ring (bicyclic) bond motifs is 2. The molecule has 2 heterocycles. The van der Waals surface area contributed by atoms with Crippen molar-refractivity contribution >= 4 is 23.9 Å². The molecule has 0 saturated carbocycles. The molecule has 2 rings (SSSR count). The first-order chi connectivity index (χ1) is 15.6. The first kappa shape index (κ1) is 30.2. The van der Waals surface area contributed by atoms with Gasteiger partial charge < -0.3 is 30.0 Å². The van der Waals surface area contributed by atoms with Crippen molar-refractivity contribution in [2.45, 2.75) is 38.4 Å². The van der Waals surface area contributed by atoms with Gasteiger partial charge in [0.15, 0.2) is 0 Å². The Labute approximate surface area is 226 Å². The van der Waals surface area contributed by atoms with Gasteiger partial charge in [0.25, 0.3) is 0 Å². The van der Waals surface area contributed by atoms with Crippen molar-refractivity contribution in [2.75, 3.05) is 39.3 Å². The first-order valence-corrected chi connectivity index (χ1v) is 10.6. The maximum absolute atomic E-state index is 11.9. The van der Waals surface area contributed by atoms with Gasteiger partial charge in [-0.1, -0.05) is 6.07 Å². The van der Waals surface area contributed by atoms with Gasteiger partial charge in [-0.25, -0.2) is 0 Å². The van der Waals surface area contributed by atoms with Gasteiger partial charge >= 0.3 is 11.9 Å². The van der Waals surface area contributed by atoms with Crippen LogP contribution in [0.2, 0.25) is 0 Å². The van der Waals surface area contributed by atoms with E-state index in [-0.39, 0.29) is 108 Å². The Morgan fingerprint density at radius 3 is 1.94 bits per heavy atom. The Bertz CT molecular complexity index is 811. The molecule has 0 amide bonds. The summed E-state index contributed by atoms with van der Waals surface area (Å²) in [5, 5.41) is 41.2. The van der Waals surface area contributed by atoms with Gasteiger partial charge in [-0.15, -0.1) is 0 Å². The number of rotatable bonds is 10. The molecular weight excluding hydrogens is 605 g/mol. The van der Waals surface area contributed by atoms with Crippen LogP contribution in [0.4, 0.5) is 0 Å². The van der Waals surface area contributed by atoms with Crippen molar-refractivity contribution in [3.8, 4) is 0 Å². The van der Waals surface area contributed by atoms with Crippen LogP contribution in [0.15, 0.2) is 18.2 Å². The smallest absolute Gasteiger partial charge is 0.317 e. The Morgan fingerprint density at radius 1 is 0.912 bits per heavy atom. The standard InChI is InChI=1S/C21H30N4O8.Tm/c26-18(27)6-2-5-17(21(32)33)25-9-7-23(13-19(28)29)11-15-3-1-4-16(22-15)12-24(8-10-25)14-20(30)31;/h1,3-4,17H,2,5-14H2,(H,26,27)(H,28,29)(H,30,31)(H,32,33);/p-2. The number of carboxylic acid groups (broad SMARTS) is 4. The Kier molecular flexibility index (Phi) is 13.5. The molecule has 1 aliphatic rings. The molecule has 1 radical (unpaired) electrons. The Morgan fingerprint density at radius 2 is 1.47 bits per heavy atom. The second-order valence-corrected chi connectivity index (χ2v) is 7.96. The fourth-order valence-electron chi connectivity index (χ4n) is 3.82. The van der Waals surface area contributed by atoms with Gasteiger partial charge in [-0.05, 0) is 25.0 Å². The van der Waals surface area contributed by atoms with E-state index in [9.17, 15) is 34.5 Å². The summed E-state index contributed by atoms with van der Waals surface area (Å²) in [6.07, 6.45) is -0.0326. The maximum Gasteiger partial charge on any atom is 0.317 e. The minimum absolute atomic E-state index is 0. The van der Waals surface area contributed by atoms with Crippen LogP contribution in [0.5, 0.6) is 0 Å². The molecule has 1 atom stereocenters. The summed E-state index contributed by atoms with van der Waals surface area (Å²) in [6.45, 7) is 0.457. The van der Waals surface area contributed by atoms with Gasteiger partial charge in [0.1, 0.15) is 0 Å². The summed E-state index contributed by atoms with van der Waals surface area (Å²) in [6, 6.07) is 4.13. The van der Waals surface area contributed by atoms with Crippen LogP contribution in [-0.4, -0.2) is 99.1 Å². The number of aromatic nitrogens is 1. The van der Waals surface area contributed by atoms with E-state index in [1.807, 2.05) is 0 Å². The number of hydrogen-bond donors (Lipinski definition) is 2. The largest absolute Gasteiger partial charge is 0.549 e. The molecule has 34 heavy (non-hydrogen) atoms. The summed E-state index contributed by atoms with van der Waals surface area (Å²) in [4.78, 5) is 54.6. The monoisotopic (exact) mass is 633 g/mol. The van der Waals surface area contributed by atoms with Crippen molar-refractivity contribution in [2.24, 2.45) is 0 Å². The molecule has 1 aliphatic heterocycles. The first-order valence-electron chi connectivity index (χ1n) is 10.6. The molecule has 2 N–H and O–H groups in total. The van der Waals surface area contributed by atoms with E-state index in [0.717, 1.165) is 0 Å². The van der Waals surface area contributed by atoms with Crippen molar-refractivity contribution < 1.29 is 76.5 Å². The van der Waals surface area contributed by atoms with Gasteiger partial charge in [0.2, 0.25) is 0 Å². The third kappa shape index (κ3) is 11.0. The molecule has 0 aliphatic carbocycles. The van der Waals surface area contributed by atoms with Crippen molar-refractivity contribution in [1.82, 2.24) is 19.7 Å². The molecule has 1 aromatic heterocycles. The van der Waals surface area contributed by atoms with E-state index in [1.54, 1.807) is 32.9 Å². The van der Waals surface area contributed by atoms with Gasteiger partial charge in [0, 0.05) is 95.2 Å². The number of aliphatic carboxylic acids is 4. The minimum atomic E-state index is -1.37. The summed E-state index contributed by atoms with van der Waals surface area (Å²) in [5.74, 6) is -4.73. The Balaban J connectivity index is 0.00000578. The summed E-state index contributed by atoms with van der Waals surface area (Å²) in [5.41, 5.74) is 1.20. The topological polar surface area (TPSA) is 177 Å². The van der Waals surface area contributed by atoms with Crippen molar-refractivity contribution in [1.29, 1.82) is 0 Å². The van der Waals surface area contributed by atoms with E-state index in [2.05, 4.69) is 4.98 Å². The van der Waals surface area contributed by atoms with Crippen LogP contribution in [0.1, 0.15) is 30.7 Å². The number of carbonyl (C=O) groups excluding carboxylic acids is 2. The molecule has 0 aromatic carbocycles. The molecule has 0 fully saturated rings. The van der Waals surface area contributed by atoms with Gasteiger partial charge in [-0.3, -0.25) is 29.3 Å². The molecule has 0 spiro atoms. The van der Waals surface area contributed by atoms with Crippen LogP contribution in [0.25, 0.3) is 0 Å². The zero-order valence-corrected chi connectivity index (χ0v) is 20.3. The van der Waals surface area contributed by atoms with E-state index < -0.39 is 29.9 Å². The fraction of sp³-hybridized carbons (Fsp3) is 0.571. The third-order valence-corrected chi connectivity index (χ3v) is 5.34. The van der Waals surface area contributed by atoms with Gasteiger partial charge in [-0.2, -0.15) is 0 Å². The minimum Gasteiger partial charge on any atom is -0.549 e. The fourth-order valence-corrected chi connectivity index (χ4v) is 3.82. The summed E-state index contributed by atoms with van der Waals surface area (Å²) in [7, 11) is 0. The van der Waals surface area contributed by atoms with Crippen LogP contribution >= 0.6 is 0 Å². The predicted octanol–water partition coefficient (Wildman–Crippen LogP) is -2.79. The second-order valence-electron chi connectivity index (χ2n) is 7.96. The van der Waals surface area contributed by atoms with Crippen molar-refractivity contribution in [3.63, 3.8) is 0 Å². The van der Waals surface area contributed by atoms with Crippen molar-refractivity contribution in [3.05, 3.63) is 29.6 Å². The van der Waals surface area contributed by atoms with E-state index >= 15 is 0 Å². The molecule has 12 nitrogen and oxygen atoms in total. The summed E-state index contributed by atoms with van der Waals surface area (Å²) >= 11 is 0. The van der Waals surface area contributed by atoms with Gasteiger partial charge in [0.05, 0.1) is 29.9 Å². The molecular formula is C21H28N4O8Tm-2. The number of carbonyl (C=O) groups is 4. The number of pyridine rings is 1. The molecule has 0 saturated heterocycles. The average molecular weight is 633 g/mol. The third-order valence-electron chi connectivity index (χ3n) is 5.34. The number of nitrogens with zero attached hydrogens (tertiary/aromatic N) is 4. The van der Waals surface area contributed by atoms with E-state index in [1.165, 1.54) is 0 Å². The molecule has 2 bridgehead atoms. The maximum atomic E-state index is 11.9. The molecule has 13 heteroatoms. The zero-order chi connectivity index (χ0) is 24.4. The quantitative estimate of drug-likeness (QED) is 0.271. The summed E-state index contributed by atoms with van der Waals surface area (Å²) < 4.78 is 0. The van der Waals surface area contributed by atoms with E-state index in [0.29, 0.717) is 11.4 Å². The molecule has 195 valence electrons. The van der Waals surface area contributed by atoms with Crippen LogP contribution in [0, 0.1) is 36.9 Å². The second kappa shape index (κ2) is 15.2.